The summed E-state index contributed by atoms with van der Waals surface area (Å²) in [4.78, 5) is 15.1. The predicted octanol–water partition coefficient (Wildman–Crippen LogP) is 4.09. The predicted molar refractivity (Wildman–Crippen MR) is 108 cm³/mol. The number of rotatable bonds is 7. The van der Waals surface area contributed by atoms with Gasteiger partial charge in [0.25, 0.3) is 5.69 Å². The zero-order valence-corrected chi connectivity index (χ0v) is 16.1. The second-order valence-electron chi connectivity index (χ2n) is 6.93. The molecular weight excluding hydrogens is 366 g/mol. The number of nitro benzene ring substituents is 1. The maximum atomic E-state index is 10.7. The first kappa shape index (κ1) is 19.5. The van der Waals surface area contributed by atoms with Gasteiger partial charge in [-0.25, -0.2) is 0 Å². The molecule has 2 aromatic carbocycles. The van der Waals surface area contributed by atoms with Gasteiger partial charge in [-0.05, 0) is 36.4 Å². The summed E-state index contributed by atoms with van der Waals surface area (Å²) in [7, 11) is 0. The second kappa shape index (κ2) is 9.06. The minimum absolute atomic E-state index is 0.0777. The van der Waals surface area contributed by atoms with Crippen LogP contribution < -0.4 is 9.64 Å². The van der Waals surface area contributed by atoms with Crippen LogP contribution in [0.2, 0.25) is 5.02 Å². The zero-order chi connectivity index (χ0) is 19.2. The molecule has 144 valence electrons. The van der Waals surface area contributed by atoms with E-state index in [-0.39, 0.29) is 5.69 Å². The second-order valence-corrected chi connectivity index (χ2v) is 7.37. The number of benzene rings is 2. The molecule has 1 atom stereocenters. The van der Waals surface area contributed by atoms with E-state index in [0.717, 1.165) is 37.7 Å². The van der Waals surface area contributed by atoms with Crippen LogP contribution in [-0.4, -0.2) is 49.2 Å². The Morgan fingerprint density at radius 3 is 2.30 bits per heavy atom. The molecule has 0 aromatic heterocycles. The summed E-state index contributed by atoms with van der Waals surface area (Å²) in [6, 6.07) is 14.2. The first-order chi connectivity index (χ1) is 13.0. The molecule has 1 aliphatic rings. The van der Waals surface area contributed by atoms with Crippen LogP contribution in [-0.2, 0) is 0 Å². The first-order valence-corrected chi connectivity index (χ1v) is 9.49. The average Bonchev–Trinajstić information content (AvgIpc) is 2.68. The van der Waals surface area contributed by atoms with Gasteiger partial charge < -0.3 is 9.64 Å². The van der Waals surface area contributed by atoms with Gasteiger partial charge in [-0.15, -0.1) is 0 Å². The van der Waals surface area contributed by atoms with Gasteiger partial charge in [0.2, 0.25) is 0 Å². The van der Waals surface area contributed by atoms with Crippen molar-refractivity contribution in [1.82, 2.24) is 4.90 Å². The molecule has 7 heteroatoms. The van der Waals surface area contributed by atoms with Crippen molar-refractivity contribution in [3.8, 4) is 5.75 Å². The van der Waals surface area contributed by atoms with Crippen molar-refractivity contribution in [3.63, 3.8) is 0 Å². The van der Waals surface area contributed by atoms with Crippen LogP contribution >= 0.6 is 11.6 Å². The Balaban J connectivity index is 1.40. The van der Waals surface area contributed by atoms with Crippen LogP contribution in [0.3, 0.4) is 0 Å². The number of nitro groups is 1. The Morgan fingerprint density at radius 1 is 1.07 bits per heavy atom. The van der Waals surface area contributed by atoms with Crippen LogP contribution in [0.1, 0.15) is 6.92 Å². The molecule has 1 heterocycles. The van der Waals surface area contributed by atoms with E-state index < -0.39 is 4.92 Å². The van der Waals surface area contributed by atoms with E-state index in [1.165, 1.54) is 17.8 Å². The highest BCUT2D eigenvalue weighted by Gasteiger charge is 2.19. The van der Waals surface area contributed by atoms with Crippen molar-refractivity contribution >= 4 is 23.0 Å². The van der Waals surface area contributed by atoms with E-state index in [2.05, 4.69) is 28.9 Å². The normalized spacial score (nSPS) is 16.1. The molecule has 0 saturated carbocycles. The fraction of sp³-hybridized carbons (Fsp3) is 0.400. The maximum Gasteiger partial charge on any atom is 0.269 e. The summed E-state index contributed by atoms with van der Waals surface area (Å²) in [6.45, 7) is 7.76. The lowest BCUT2D eigenvalue weighted by molar-refractivity contribution is -0.384. The fourth-order valence-electron chi connectivity index (χ4n) is 3.24. The maximum absolute atomic E-state index is 10.7. The average molecular weight is 390 g/mol. The third-order valence-corrected chi connectivity index (χ3v) is 4.97. The van der Waals surface area contributed by atoms with Gasteiger partial charge in [0.15, 0.2) is 0 Å². The summed E-state index contributed by atoms with van der Waals surface area (Å²) >= 11 is 5.96. The SMILES string of the molecule is CC(COc1ccc([N+](=O)[O-])cc1)CN1CCN(c2ccc(Cl)cc2)CC1. The minimum Gasteiger partial charge on any atom is -0.493 e. The van der Waals surface area contributed by atoms with Crippen molar-refractivity contribution < 1.29 is 9.66 Å². The molecule has 0 spiro atoms. The molecule has 0 N–H and O–H groups in total. The van der Waals surface area contributed by atoms with Crippen molar-refractivity contribution in [3.05, 3.63) is 63.7 Å². The lowest BCUT2D eigenvalue weighted by Gasteiger charge is -2.37. The van der Waals surface area contributed by atoms with Gasteiger partial charge in [-0.3, -0.25) is 15.0 Å². The van der Waals surface area contributed by atoms with Crippen molar-refractivity contribution in [2.45, 2.75) is 6.92 Å². The van der Waals surface area contributed by atoms with E-state index in [4.69, 9.17) is 16.3 Å². The molecular formula is C20H24ClN3O3. The Labute approximate surface area is 164 Å². The molecule has 2 aromatic rings. The minimum atomic E-state index is -0.407. The Bertz CT molecular complexity index is 744. The molecule has 3 rings (SSSR count). The van der Waals surface area contributed by atoms with Crippen molar-refractivity contribution in [2.24, 2.45) is 5.92 Å². The summed E-state index contributed by atoms with van der Waals surface area (Å²) in [5.74, 6) is 1.04. The quantitative estimate of drug-likeness (QED) is 0.527. The first-order valence-electron chi connectivity index (χ1n) is 9.11. The van der Waals surface area contributed by atoms with Crippen LogP contribution in [0.4, 0.5) is 11.4 Å². The van der Waals surface area contributed by atoms with Crippen LogP contribution in [0.25, 0.3) is 0 Å². The van der Waals surface area contributed by atoms with Crippen molar-refractivity contribution in [2.75, 3.05) is 44.2 Å². The number of nitrogens with zero attached hydrogens (tertiary/aromatic N) is 3. The summed E-state index contributed by atoms with van der Waals surface area (Å²) in [6.07, 6.45) is 0. The van der Waals surface area contributed by atoms with Gasteiger partial charge in [0, 0.05) is 61.5 Å². The van der Waals surface area contributed by atoms with E-state index in [1.807, 2.05) is 12.1 Å². The van der Waals surface area contributed by atoms with Gasteiger partial charge in [-0.1, -0.05) is 18.5 Å². The highest BCUT2D eigenvalue weighted by atomic mass is 35.5. The Kier molecular flexibility index (Phi) is 6.53. The molecule has 6 nitrogen and oxygen atoms in total. The largest absolute Gasteiger partial charge is 0.493 e. The zero-order valence-electron chi connectivity index (χ0n) is 15.4. The number of piperazine rings is 1. The molecule has 0 radical (unpaired) electrons. The Morgan fingerprint density at radius 2 is 1.70 bits per heavy atom. The molecule has 1 aliphatic heterocycles. The third kappa shape index (κ3) is 5.58. The lowest BCUT2D eigenvalue weighted by Crippen LogP contribution is -2.48. The number of anilines is 1. The molecule has 1 saturated heterocycles. The smallest absolute Gasteiger partial charge is 0.269 e. The van der Waals surface area contributed by atoms with Gasteiger partial charge in [0.05, 0.1) is 11.5 Å². The van der Waals surface area contributed by atoms with Crippen LogP contribution in [0, 0.1) is 16.0 Å². The third-order valence-electron chi connectivity index (χ3n) is 4.72. The van der Waals surface area contributed by atoms with E-state index in [9.17, 15) is 10.1 Å². The number of ether oxygens (including phenoxy) is 1. The van der Waals surface area contributed by atoms with Crippen LogP contribution in [0.15, 0.2) is 48.5 Å². The number of hydrogen-bond donors (Lipinski definition) is 0. The van der Waals surface area contributed by atoms with Crippen molar-refractivity contribution in [1.29, 1.82) is 0 Å². The van der Waals surface area contributed by atoms with E-state index in [0.29, 0.717) is 18.3 Å². The molecule has 0 amide bonds. The molecule has 0 bridgehead atoms. The topological polar surface area (TPSA) is 58.9 Å². The van der Waals surface area contributed by atoms with Gasteiger partial charge in [-0.2, -0.15) is 0 Å². The van der Waals surface area contributed by atoms with Gasteiger partial charge in [0.1, 0.15) is 5.75 Å². The Hall–Kier alpha value is -2.31. The highest BCUT2D eigenvalue weighted by Crippen LogP contribution is 2.20. The molecule has 1 fully saturated rings. The van der Waals surface area contributed by atoms with E-state index >= 15 is 0 Å². The lowest BCUT2D eigenvalue weighted by atomic mass is 10.1. The fourth-order valence-corrected chi connectivity index (χ4v) is 3.36. The summed E-state index contributed by atoms with van der Waals surface area (Å²) in [5, 5.41) is 11.4. The number of hydrogen-bond acceptors (Lipinski definition) is 5. The number of non-ortho nitro benzene ring substituents is 1. The standard InChI is InChI=1S/C20H24ClN3O3/c1-16(15-27-20-8-6-19(7-9-20)24(25)26)14-22-10-12-23(13-11-22)18-4-2-17(21)3-5-18/h2-9,16H,10-15H2,1H3. The summed E-state index contributed by atoms with van der Waals surface area (Å²) < 4.78 is 5.77. The van der Waals surface area contributed by atoms with Crippen LogP contribution in [0.5, 0.6) is 5.75 Å². The molecule has 1 unspecified atom stereocenters. The monoisotopic (exact) mass is 389 g/mol. The van der Waals surface area contributed by atoms with Gasteiger partial charge >= 0.3 is 0 Å². The molecule has 27 heavy (non-hydrogen) atoms. The highest BCUT2D eigenvalue weighted by molar-refractivity contribution is 6.30. The summed E-state index contributed by atoms with van der Waals surface area (Å²) in [5.41, 5.74) is 1.29. The molecule has 0 aliphatic carbocycles. The number of halogens is 1. The van der Waals surface area contributed by atoms with E-state index in [1.54, 1.807) is 12.1 Å².